The lowest BCUT2D eigenvalue weighted by molar-refractivity contribution is -0.120. The van der Waals surface area contributed by atoms with Crippen molar-refractivity contribution in [3.8, 4) is 0 Å². The molecule has 1 atom stereocenters. The number of sulfonamides is 1. The van der Waals surface area contributed by atoms with Crippen molar-refractivity contribution in [2.24, 2.45) is 13.0 Å². The van der Waals surface area contributed by atoms with Crippen molar-refractivity contribution in [1.29, 1.82) is 0 Å². The Labute approximate surface area is 172 Å². The molecule has 0 spiro atoms. The number of fused-ring (bicyclic) bond motifs is 1. The number of amides is 1. The van der Waals surface area contributed by atoms with Crippen LogP contribution in [0.25, 0.3) is 11.1 Å². The third kappa shape index (κ3) is 3.75. The lowest BCUT2D eigenvalue weighted by atomic mass is 9.99. The minimum Gasteiger partial charge on any atom is -0.408 e. The van der Waals surface area contributed by atoms with E-state index in [0.29, 0.717) is 30.6 Å². The van der Waals surface area contributed by atoms with Crippen molar-refractivity contribution in [3.63, 3.8) is 0 Å². The Bertz CT molecular complexity index is 1260. The molecule has 0 bridgehead atoms. The van der Waals surface area contributed by atoms with Crippen molar-refractivity contribution in [1.82, 2.24) is 8.87 Å². The zero-order valence-electron chi connectivity index (χ0n) is 16.2. The normalized spacial score (nSPS) is 17.9. The third-order valence-electron chi connectivity index (χ3n) is 5.27. The summed E-state index contributed by atoms with van der Waals surface area (Å²) in [4.78, 5) is 24.3. The fraction of sp³-hybridized carbons (Fsp3) is 0.300. The number of benzene rings is 2. The minimum atomic E-state index is -3.87. The Kier molecular flexibility index (Phi) is 5.20. The van der Waals surface area contributed by atoms with E-state index in [4.69, 9.17) is 4.42 Å². The lowest BCUT2D eigenvalue weighted by Crippen LogP contribution is -2.43. The smallest absolute Gasteiger partial charge is 0.408 e. The number of rotatable bonds is 4. The summed E-state index contributed by atoms with van der Waals surface area (Å²) in [6.45, 7) is 0.325. The molecule has 2 aromatic carbocycles. The molecule has 10 heteroatoms. The first kappa shape index (κ1) is 20.3. The molecular weight excluding hydrogens is 413 g/mol. The summed E-state index contributed by atoms with van der Waals surface area (Å²) in [5.41, 5.74) is 1.13. The molecule has 1 amide bonds. The zero-order chi connectivity index (χ0) is 21.5. The Morgan fingerprint density at radius 3 is 2.67 bits per heavy atom. The van der Waals surface area contributed by atoms with E-state index in [0.717, 1.165) is 0 Å². The van der Waals surface area contributed by atoms with Gasteiger partial charge in [-0.15, -0.1) is 0 Å². The molecule has 1 saturated heterocycles. The molecule has 1 aliphatic heterocycles. The van der Waals surface area contributed by atoms with E-state index in [-0.39, 0.29) is 22.9 Å². The van der Waals surface area contributed by atoms with Crippen LogP contribution >= 0.6 is 0 Å². The van der Waals surface area contributed by atoms with E-state index in [1.54, 1.807) is 0 Å². The van der Waals surface area contributed by atoms with Crippen molar-refractivity contribution in [2.45, 2.75) is 17.7 Å². The Balaban J connectivity index is 1.53. The van der Waals surface area contributed by atoms with Crippen LogP contribution in [-0.4, -0.2) is 36.3 Å². The zero-order valence-corrected chi connectivity index (χ0v) is 17.0. The summed E-state index contributed by atoms with van der Waals surface area (Å²) in [5.74, 6) is -1.83. The molecular formula is C20H20FN3O5S. The van der Waals surface area contributed by atoms with Crippen LogP contribution < -0.4 is 11.1 Å². The standard InChI is InChI=1S/C20H20FN3O5S/c1-23-17-9-8-16(11-18(17)29-20(23)26)30(27,28)24-10-2-3-13(12-24)19(25)22-15-6-4-14(21)5-7-15/h4-9,11,13H,2-3,10,12H2,1H3,(H,22,25)/t13-/m1/s1. The van der Waals surface area contributed by atoms with Gasteiger partial charge in [0.1, 0.15) is 5.82 Å². The number of hydrogen-bond donors (Lipinski definition) is 1. The van der Waals surface area contributed by atoms with Gasteiger partial charge in [-0.25, -0.2) is 17.6 Å². The highest BCUT2D eigenvalue weighted by Gasteiger charge is 2.33. The van der Waals surface area contributed by atoms with Crippen molar-refractivity contribution in [3.05, 3.63) is 58.8 Å². The van der Waals surface area contributed by atoms with Gasteiger partial charge in [0.05, 0.1) is 16.3 Å². The van der Waals surface area contributed by atoms with E-state index in [2.05, 4.69) is 5.32 Å². The number of nitrogens with zero attached hydrogens (tertiary/aromatic N) is 2. The van der Waals surface area contributed by atoms with Crippen molar-refractivity contribution < 1.29 is 22.0 Å². The number of hydrogen-bond acceptors (Lipinski definition) is 5. The summed E-state index contributed by atoms with van der Waals surface area (Å²) in [6.07, 6.45) is 1.08. The number of anilines is 1. The first-order valence-corrected chi connectivity index (χ1v) is 10.9. The maximum absolute atomic E-state index is 13.1. The number of aryl methyl sites for hydroxylation is 1. The first-order valence-electron chi connectivity index (χ1n) is 9.42. The second kappa shape index (κ2) is 7.69. The maximum Gasteiger partial charge on any atom is 0.419 e. The van der Waals surface area contributed by atoms with Crippen LogP contribution in [0.2, 0.25) is 0 Å². The fourth-order valence-corrected chi connectivity index (χ4v) is 5.12. The van der Waals surface area contributed by atoms with Gasteiger partial charge in [0, 0.05) is 31.9 Å². The van der Waals surface area contributed by atoms with Gasteiger partial charge >= 0.3 is 5.76 Å². The maximum atomic E-state index is 13.1. The first-order chi connectivity index (χ1) is 14.3. The predicted octanol–water partition coefficient (Wildman–Crippen LogP) is 2.31. The van der Waals surface area contributed by atoms with Crippen LogP contribution in [-0.2, 0) is 21.9 Å². The molecule has 30 heavy (non-hydrogen) atoms. The second-order valence-electron chi connectivity index (χ2n) is 7.25. The third-order valence-corrected chi connectivity index (χ3v) is 7.13. The molecule has 0 unspecified atom stereocenters. The van der Waals surface area contributed by atoms with Crippen molar-refractivity contribution in [2.75, 3.05) is 18.4 Å². The number of oxazole rings is 1. The number of piperidine rings is 1. The molecule has 0 saturated carbocycles. The Morgan fingerprint density at radius 2 is 1.93 bits per heavy atom. The van der Waals surface area contributed by atoms with Crippen LogP contribution in [0, 0.1) is 11.7 Å². The van der Waals surface area contributed by atoms with Gasteiger partial charge in [0.2, 0.25) is 15.9 Å². The summed E-state index contributed by atoms with van der Waals surface area (Å²) < 4.78 is 46.9. The van der Waals surface area contributed by atoms with E-state index in [1.165, 1.54) is 58.4 Å². The fourth-order valence-electron chi connectivity index (χ4n) is 3.58. The molecule has 8 nitrogen and oxygen atoms in total. The van der Waals surface area contributed by atoms with E-state index >= 15 is 0 Å². The number of carbonyl (C=O) groups excluding carboxylic acids is 1. The Morgan fingerprint density at radius 1 is 1.20 bits per heavy atom. The molecule has 2 heterocycles. The monoisotopic (exact) mass is 433 g/mol. The second-order valence-corrected chi connectivity index (χ2v) is 9.19. The molecule has 0 aliphatic carbocycles. The molecule has 4 rings (SSSR count). The SMILES string of the molecule is Cn1c(=O)oc2cc(S(=O)(=O)N3CCC[C@@H](C(=O)Nc4ccc(F)cc4)C3)ccc21. The molecule has 1 aromatic heterocycles. The van der Waals surface area contributed by atoms with Gasteiger partial charge < -0.3 is 9.73 Å². The van der Waals surface area contributed by atoms with Crippen LogP contribution in [0.4, 0.5) is 10.1 Å². The topological polar surface area (TPSA) is 102 Å². The predicted molar refractivity (Wildman–Crippen MR) is 108 cm³/mol. The molecule has 3 aromatic rings. The summed E-state index contributed by atoms with van der Waals surface area (Å²) >= 11 is 0. The molecule has 1 aliphatic rings. The van der Waals surface area contributed by atoms with Crippen LogP contribution in [0.3, 0.4) is 0 Å². The van der Waals surface area contributed by atoms with Gasteiger partial charge in [-0.05, 0) is 49.2 Å². The van der Waals surface area contributed by atoms with E-state index in [1.807, 2.05) is 0 Å². The number of aromatic nitrogens is 1. The molecule has 1 fully saturated rings. The Hall–Kier alpha value is -2.98. The highest BCUT2D eigenvalue weighted by atomic mass is 32.2. The van der Waals surface area contributed by atoms with E-state index in [9.17, 15) is 22.4 Å². The van der Waals surface area contributed by atoms with Crippen molar-refractivity contribution >= 4 is 32.7 Å². The van der Waals surface area contributed by atoms with Gasteiger partial charge in [0.15, 0.2) is 5.58 Å². The van der Waals surface area contributed by atoms with Gasteiger partial charge in [-0.1, -0.05) is 0 Å². The number of carbonyl (C=O) groups is 1. The average Bonchev–Trinajstić information content (AvgIpc) is 3.03. The van der Waals surface area contributed by atoms with E-state index < -0.39 is 27.5 Å². The van der Waals surface area contributed by atoms with Gasteiger partial charge in [-0.2, -0.15) is 4.31 Å². The highest BCUT2D eigenvalue weighted by molar-refractivity contribution is 7.89. The molecule has 1 N–H and O–H groups in total. The number of nitrogens with one attached hydrogen (secondary N) is 1. The highest BCUT2D eigenvalue weighted by Crippen LogP contribution is 2.26. The average molecular weight is 433 g/mol. The van der Waals surface area contributed by atoms with Gasteiger partial charge in [-0.3, -0.25) is 9.36 Å². The largest absolute Gasteiger partial charge is 0.419 e. The lowest BCUT2D eigenvalue weighted by Gasteiger charge is -2.31. The van der Waals surface area contributed by atoms with Crippen LogP contribution in [0.15, 0.2) is 56.6 Å². The summed E-state index contributed by atoms with van der Waals surface area (Å²) in [6, 6.07) is 9.66. The van der Waals surface area contributed by atoms with Crippen LogP contribution in [0.1, 0.15) is 12.8 Å². The van der Waals surface area contributed by atoms with Crippen LogP contribution in [0.5, 0.6) is 0 Å². The molecule has 0 radical (unpaired) electrons. The quantitative estimate of drug-likeness (QED) is 0.680. The molecule has 158 valence electrons. The summed E-state index contributed by atoms with van der Waals surface area (Å²) in [5, 5.41) is 2.70. The number of halogens is 1. The van der Waals surface area contributed by atoms with Gasteiger partial charge in [0.25, 0.3) is 0 Å². The minimum absolute atomic E-state index is 0.00365. The summed E-state index contributed by atoms with van der Waals surface area (Å²) in [7, 11) is -2.33.